The maximum atomic E-state index is 12.7. The molecule has 1 atom stereocenters. The van der Waals surface area contributed by atoms with Crippen LogP contribution in [0.25, 0.3) is 17.2 Å². The Balaban J connectivity index is 1.58. The summed E-state index contributed by atoms with van der Waals surface area (Å²) in [5, 5.41) is 18.4. The molecule has 4 heteroatoms. The predicted octanol–water partition coefficient (Wildman–Crippen LogP) is 5.66. The van der Waals surface area contributed by atoms with E-state index in [1.54, 1.807) is 18.2 Å². The van der Waals surface area contributed by atoms with E-state index in [1.807, 2.05) is 72.8 Å². The molecule has 0 aliphatic rings. The number of carboxylic acid groups (broad SMARTS) is 1. The zero-order valence-corrected chi connectivity index (χ0v) is 18.0. The third kappa shape index (κ3) is 6.76. The number of aliphatic hydroxyl groups is 1. The topological polar surface area (TPSA) is 74.6 Å². The van der Waals surface area contributed by atoms with Gasteiger partial charge in [-0.3, -0.25) is 9.59 Å². The van der Waals surface area contributed by atoms with Crippen molar-refractivity contribution in [2.75, 3.05) is 6.61 Å². The third-order valence-corrected chi connectivity index (χ3v) is 5.51. The summed E-state index contributed by atoms with van der Waals surface area (Å²) in [6, 6.07) is 25.2. The average molecular weight is 429 g/mol. The number of hydrogen-bond acceptors (Lipinski definition) is 3. The van der Waals surface area contributed by atoms with Crippen LogP contribution < -0.4 is 0 Å². The number of Topliss-reactive ketones (excluding diaryl/α,β-unsaturated/α-hetero) is 1. The summed E-state index contributed by atoms with van der Waals surface area (Å²) in [4.78, 5) is 24.4. The van der Waals surface area contributed by atoms with Crippen molar-refractivity contribution < 1.29 is 19.8 Å². The number of rotatable bonds is 11. The zero-order chi connectivity index (χ0) is 22.8. The zero-order valence-electron chi connectivity index (χ0n) is 18.0. The minimum Gasteiger partial charge on any atom is -0.481 e. The average Bonchev–Trinajstić information content (AvgIpc) is 2.83. The molecule has 0 aliphatic carbocycles. The fraction of sp³-hybridized carbons (Fsp3) is 0.214. The van der Waals surface area contributed by atoms with Crippen LogP contribution in [0.15, 0.2) is 84.9 Å². The van der Waals surface area contributed by atoms with Crippen molar-refractivity contribution in [2.45, 2.75) is 25.7 Å². The Morgan fingerprint density at radius 1 is 0.844 bits per heavy atom. The van der Waals surface area contributed by atoms with Crippen LogP contribution >= 0.6 is 0 Å². The number of carbonyl (C=O) groups is 2. The summed E-state index contributed by atoms with van der Waals surface area (Å²) in [6.07, 6.45) is 5.56. The molecule has 2 N–H and O–H groups in total. The second-order valence-electron chi connectivity index (χ2n) is 7.82. The molecule has 0 aromatic heterocycles. The Kier molecular flexibility index (Phi) is 8.52. The Hall–Kier alpha value is -3.50. The molecule has 0 bridgehead atoms. The third-order valence-electron chi connectivity index (χ3n) is 5.51. The van der Waals surface area contributed by atoms with Crippen LogP contribution in [0.3, 0.4) is 0 Å². The lowest BCUT2D eigenvalue weighted by Gasteiger charge is -2.12. The second-order valence-corrected chi connectivity index (χ2v) is 7.82. The first-order valence-corrected chi connectivity index (χ1v) is 10.8. The van der Waals surface area contributed by atoms with Crippen LogP contribution in [0.1, 0.15) is 40.7 Å². The number of aryl methyl sites for hydroxylation is 1. The standard InChI is InChI=1S/C28H28O4/c29-19-5-9-22-11-13-23(14-12-22)24-15-17-25(18-16-24)27(30)20-26(28(31)32)10-4-8-21-6-2-1-3-7-21/h1-3,5-7,9,11-18,26,29H,4,8,10,19-20H2,(H,31,32)/b9-5+. The van der Waals surface area contributed by atoms with Gasteiger partial charge in [-0.05, 0) is 41.5 Å². The molecule has 3 aromatic rings. The molecule has 0 aliphatic heterocycles. The number of aliphatic hydroxyl groups excluding tert-OH is 1. The van der Waals surface area contributed by atoms with Gasteiger partial charge in [0.2, 0.25) is 0 Å². The molecule has 0 amide bonds. The van der Waals surface area contributed by atoms with Crippen LogP contribution in [0.4, 0.5) is 0 Å². The van der Waals surface area contributed by atoms with Crippen LogP contribution in [0.2, 0.25) is 0 Å². The van der Waals surface area contributed by atoms with Gasteiger partial charge in [0.1, 0.15) is 0 Å². The highest BCUT2D eigenvalue weighted by atomic mass is 16.4. The number of benzene rings is 3. The van der Waals surface area contributed by atoms with E-state index in [2.05, 4.69) is 0 Å². The number of ketones is 1. The van der Waals surface area contributed by atoms with Crippen molar-refractivity contribution in [3.63, 3.8) is 0 Å². The van der Waals surface area contributed by atoms with Gasteiger partial charge < -0.3 is 10.2 Å². The first-order valence-electron chi connectivity index (χ1n) is 10.8. The molecule has 0 saturated carbocycles. The predicted molar refractivity (Wildman–Crippen MR) is 127 cm³/mol. The van der Waals surface area contributed by atoms with Gasteiger partial charge in [0, 0.05) is 12.0 Å². The smallest absolute Gasteiger partial charge is 0.306 e. The van der Waals surface area contributed by atoms with Crippen molar-refractivity contribution in [2.24, 2.45) is 5.92 Å². The summed E-state index contributed by atoms with van der Waals surface area (Å²) in [7, 11) is 0. The first-order chi connectivity index (χ1) is 15.6. The van der Waals surface area contributed by atoms with Gasteiger partial charge in [0.15, 0.2) is 5.78 Å². The normalized spacial score (nSPS) is 12.0. The van der Waals surface area contributed by atoms with E-state index < -0.39 is 11.9 Å². The molecule has 0 heterocycles. The summed E-state index contributed by atoms with van der Waals surface area (Å²) >= 11 is 0. The van der Waals surface area contributed by atoms with E-state index in [9.17, 15) is 14.7 Å². The van der Waals surface area contributed by atoms with Gasteiger partial charge in [-0.15, -0.1) is 0 Å². The van der Waals surface area contributed by atoms with E-state index in [0.29, 0.717) is 12.0 Å². The number of hydrogen-bond donors (Lipinski definition) is 2. The fourth-order valence-corrected chi connectivity index (χ4v) is 3.68. The molecule has 32 heavy (non-hydrogen) atoms. The van der Waals surface area contributed by atoms with E-state index in [1.165, 1.54) is 5.56 Å². The maximum Gasteiger partial charge on any atom is 0.306 e. The molecule has 3 aromatic carbocycles. The van der Waals surface area contributed by atoms with Crippen molar-refractivity contribution in [3.8, 4) is 11.1 Å². The highest BCUT2D eigenvalue weighted by Crippen LogP contribution is 2.23. The Bertz CT molecular complexity index is 1040. The Morgan fingerprint density at radius 2 is 1.47 bits per heavy atom. The lowest BCUT2D eigenvalue weighted by Crippen LogP contribution is -2.18. The lowest BCUT2D eigenvalue weighted by atomic mass is 9.92. The van der Waals surface area contributed by atoms with Crippen LogP contribution in [0, 0.1) is 5.92 Å². The van der Waals surface area contributed by atoms with E-state index >= 15 is 0 Å². The van der Waals surface area contributed by atoms with Gasteiger partial charge in [-0.1, -0.05) is 91.0 Å². The molecule has 3 rings (SSSR count). The quantitative estimate of drug-likeness (QED) is 0.387. The molecule has 0 spiro atoms. The van der Waals surface area contributed by atoms with Crippen molar-refractivity contribution in [3.05, 3.63) is 102 Å². The molecular formula is C28H28O4. The number of carbonyl (C=O) groups excluding carboxylic acids is 1. The van der Waals surface area contributed by atoms with Crippen molar-refractivity contribution >= 4 is 17.8 Å². The Morgan fingerprint density at radius 3 is 2.06 bits per heavy atom. The summed E-state index contributed by atoms with van der Waals surface area (Å²) < 4.78 is 0. The summed E-state index contributed by atoms with van der Waals surface area (Å²) in [6.45, 7) is 0.00695. The van der Waals surface area contributed by atoms with Crippen LogP contribution in [-0.2, 0) is 11.2 Å². The van der Waals surface area contributed by atoms with E-state index in [0.717, 1.165) is 29.5 Å². The molecular weight excluding hydrogens is 400 g/mol. The fourth-order valence-electron chi connectivity index (χ4n) is 3.68. The molecule has 4 nitrogen and oxygen atoms in total. The van der Waals surface area contributed by atoms with Gasteiger partial charge in [-0.25, -0.2) is 0 Å². The molecule has 1 unspecified atom stereocenters. The molecule has 164 valence electrons. The minimum absolute atomic E-state index is 0.00695. The number of aliphatic carboxylic acids is 1. The van der Waals surface area contributed by atoms with Crippen LogP contribution in [0.5, 0.6) is 0 Å². The molecule has 0 radical (unpaired) electrons. The number of carboxylic acids is 1. The van der Waals surface area contributed by atoms with Crippen molar-refractivity contribution in [1.82, 2.24) is 0 Å². The lowest BCUT2D eigenvalue weighted by molar-refractivity contribution is -0.141. The van der Waals surface area contributed by atoms with Gasteiger partial charge in [0.25, 0.3) is 0 Å². The van der Waals surface area contributed by atoms with Gasteiger partial charge >= 0.3 is 5.97 Å². The highest BCUT2D eigenvalue weighted by Gasteiger charge is 2.21. The van der Waals surface area contributed by atoms with Gasteiger partial charge in [0.05, 0.1) is 12.5 Å². The first kappa shape index (κ1) is 23.2. The highest BCUT2D eigenvalue weighted by molar-refractivity contribution is 5.98. The monoisotopic (exact) mass is 428 g/mol. The van der Waals surface area contributed by atoms with Gasteiger partial charge in [-0.2, -0.15) is 0 Å². The summed E-state index contributed by atoms with van der Waals surface area (Å²) in [5.41, 5.74) is 4.72. The second kappa shape index (κ2) is 11.8. The minimum atomic E-state index is -0.918. The summed E-state index contributed by atoms with van der Waals surface area (Å²) in [5.74, 6) is -1.74. The van der Waals surface area contributed by atoms with Crippen molar-refractivity contribution in [1.29, 1.82) is 0 Å². The largest absolute Gasteiger partial charge is 0.481 e. The molecule has 0 fully saturated rings. The molecule has 0 saturated heterocycles. The van der Waals surface area contributed by atoms with Crippen LogP contribution in [-0.4, -0.2) is 28.6 Å². The maximum absolute atomic E-state index is 12.7. The Labute approximate surface area is 188 Å². The van der Waals surface area contributed by atoms with E-state index in [4.69, 9.17) is 5.11 Å². The SMILES string of the molecule is O=C(CC(CCCc1ccccc1)C(=O)O)c1ccc(-c2ccc(/C=C/CO)cc2)cc1. The van der Waals surface area contributed by atoms with E-state index in [-0.39, 0.29) is 18.8 Å².